The van der Waals surface area contributed by atoms with Gasteiger partial charge in [0.25, 0.3) is 0 Å². The van der Waals surface area contributed by atoms with Gasteiger partial charge < -0.3 is 0 Å². The van der Waals surface area contributed by atoms with Crippen LogP contribution in [0.2, 0.25) is 0 Å². The molecule has 13 heavy (non-hydrogen) atoms. The van der Waals surface area contributed by atoms with Crippen molar-refractivity contribution in [3.8, 4) is 0 Å². The van der Waals surface area contributed by atoms with Crippen molar-refractivity contribution in [3.05, 3.63) is 12.7 Å². The molecule has 1 nitrogen and oxygen atoms in total. The predicted molar refractivity (Wildman–Crippen MR) is 62.0 cm³/mol. The molecule has 0 aliphatic heterocycles. The molecule has 0 saturated carbocycles. The summed E-state index contributed by atoms with van der Waals surface area (Å²) in [5, 5.41) is 0. The van der Waals surface area contributed by atoms with E-state index in [-0.39, 0.29) is 11.7 Å². The SMILES string of the molecule is C=CC(=O)C(CCS)CC[P+](F)=S. The molecule has 0 fully saturated rings. The Hall–Kier alpha value is 0.210. The molecule has 74 valence electrons. The minimum atomic E-state index is -1.80. The van der Waals surface area contributed by atoms with E-state index in [4.69, 9.17) is 0 Å². The summed E-state index contributed by atoms with van der Waals surface area (Å²) in [4.78, 5) is 11.2. The highest BCUT2D eigenvalue weighted by molar-refractivity contribution is 8.02. The Bertz CT molecular complexity index is 208. The van der Waals surface area contributed by atoms with Gasteiger partial charge in [0, 0.05) is 16.5 Å². The van der Waals surface area contributed by atoms with Crippen LogP contribution in [0, 0.1) is 5.92 Å². The standard InChI is InChI=1S/C8H12FOPS2/c1-2-8(10)7(4-6-12)3-5-11(9)13/h2,7H,1,3-6H2/p+1. The zero-order chi connectivity index (χ0) is 10.3. The largest absolute Gasteiger partial charge is 0.396 e. The van der Waals surface area contributed by atoms with Gasteiger partial charge in [0.1, 0.15) is 0 Å². The maximum Gasteiger partial charge on any atom is 0.396 e. The maximum atomic E-state index is 12.4. The molecule has 0 aromatic heterocycles. The summed E-state index contributed by atoms with van der Waals surface area (Å²) in [5.41, 5.74) is 0. The third-order valence-electron chi connectivity index (χ3n) is 1.73. The van der Waals surface area contributed by atoms with E-state index in [9.17, 15) is 8.99 Å². The van der Waals surface area contributed by atoms with Crippen LogP contribution in [0.1, 0.15) is 12.8 Å². The molecule has 0 amide bonds. The molecule has 0 saturated heterocycles. The zero-order valence-corrected chi connectivity index (χ0v) is 9.88. The van der Waals surface area contributed by atoms with Crippen LogP contribution in [0.3, 0.4) is 0 Å². The molecule has 0 rings (SSSR count). The molecule has 0 aromatic rings. The smallest absolute Gasteiger partial charge is 0.295 e. The molecule has 0 heterocycles. The van der Waals surface area contributed by atoms with Crippen molar-refractivity contribution in [2.75, 3.05) is 11.9 Å². The fourth-order valence-electron chi connectivity index (χ4n) is 1.01. The number of halogens is 1. The van der Waals surface area contributed by atoms with Crippen molar-refractivity contribution < 1.29 is 8.99 Å². The van der Waals surface area contributed by atoms with Gasteiger partial charge in [-0.2, -0.15) is 12.6 Å². The molecule has 2 atom stereocenters. The summed E-state index contributed by atoms with van der Waals surface area (Å²) in [5.74, 6) is 0.464. The van der Waals surface area contributed by atoms with Crippen LogP contribution >= 0.6 is 19.6 Å². The van der Waals surface area contributed by atoms with Crippen molar-refractivity contribution in [3.63, 3.8) is 0 Å². The highest BCUT2D eigenvalue weighted by atomic mass is 32.4. The van der Waals surface area contributed by atoms with Crippen LogP contribution in [0.15, 0.2) is 12.7 Å². The van der Waals surface area contributed by atoms with Gasteiger partial charge in [-0.05, 0) is 18.2 Å². The summed E-state index contributed by atoms with van der Waals surface area (Å²) in [6.45, 7) is 3.40. The topological polar surface area (TPSA) is 17.1 Å². The molecule has 0 aliphatic carbocycles. The van der Waals surface area contributed by atoms with Gasteiger partial charge in [-0.15, -0.1) is 0 Å². The molecular formula is C8H13FOPS2+. The normalized spacial score (nSPS) is 13.5. The van der Waals surface area contributed by atoms with E-state index in [1.54, 1.807) is 0 Å². The second kappa shape index (κ2) is 7.60. The van der Waals surface area contributed by atoms with Crippen molar-refractivity contribution in [1.82, 2.24) is 0 Å². The van der Waals surface area contributed by atoms with Crippen molar-refractivity contribution in [1.29, 1.82) is 0 Å². The summed E-state index contributed by atoms with van der Waals surface area (Å²) in [7, 11) is -1.80. The van der Waals surface area contributed by atoms with E-state index in [1.165, 1.54) is 6.08 Å². The van der Waals surface area contributed by atoms with Crippen molar-refractivity contribution in [2.24, 2.45) is 5.92 Å². The first-order valence-corrected chi connectivity index (χ1v) is 7.05. The molecule has 0 N–H and O–H groups in total. The molecular weight excluding hydrogens is 226 g/mol. The predicted octanol–water partition coefficient (Wildman–Crippen LogP) is 2.90. The molecule has 0 spiro atoms. The monoisotopic (exact) mass is 239 g/mol. The first-order chi connectivity index (χ1) is 6.11. The van der Waals surface area contributed by atoms with Gasteiger partial charge in [0.15, 0.2) is 11.9 Å². The summed E-state index contributed by atoms with van der Waals surface area (Å²) in [6.07, 6.45) is 2.81. The van der Waals surface area contributed by atoms with E-state index in [2.05, 4.69) is 31.0 Å². The molecule has 0 bridgehead atoms. The van der Waals surface area contributed by atoms with E-state index in [0.29, 0.717) is 24.8 Å². The number of thiol groups is 1. The lowest BCUT2D eigenvalue weighted by Crippen LogP contribution is -2.13. The van der Waals surface area contributed by atoms with Crippen LogP contribution in [-0.4, -0.2) is 17.7 Å². The highest BCUT2D eigenvalue weighted by Crippen LogP contribution is 2.26. The maximum absolute atomic E-state index is 12.4. The van der Waals surface area contributed by atoms with Crippen molar-refractivity contribution >= 4 is 37.2 Å². The number of hydrogen-bond donors (Lipinski definition) is 1. The molecule has 2 unspecified atom stereocenters. The van der Waals surface area contributed by atoms with E-state index in [0.717, 1.165) is 0 Å². The van der Waals surface area contributed by atoms with Gasteiger partial charge in [-0.25, -0.2) is 0 Å². The summed E-state index contributed by atoms with van der Waals surface area (Å²) >= 11 is 8.48. The fraction of sp³-hybridized carbons (Fsp3) is 0.625. The quantitative estimate of drug-likeness (QED) is 0.418. The average molecular weight is 239 g/mol. The van der Waals surface area contributed by atoms with Gasteiger partial charge in [0.05, 0.1) is 0 Å². The molecule has 0 radical (unpaired) electrons. The van der Waals surface area contributed by atoms with Gasteiger partial charge >= 0.3 is 7.01 Å². The lowest BCUT2D eigenvalue weighted by Gasteiger charge is -2.08. The lowest BCUT2D eigenvalue weighted by molar-refractivity contribution is -0.118. The number of ketones is 1. The van der Waals surface area contributed by atoms with Crippen molar-refractivity contribution in [2.45, 2.75) is 12.8 Å². The summed E-state index contributed by atoms with van der Waals surface area (Å²) in [6, 6.07) is 0. The highest BCUT2D eigenvalue weighted by Gasteiger charge is 2.19. The van der Waals surface area contributed by atoms with Crippen LogP contribution in [0.4, 0.5) is 4.20 Å². The Morgan fingerprint density at radius 1 is 1.69 bits per heavy atom. The fourth-order valence-corrected chi connectivity index (χ4v) is 2.15. The van der Waals surface area contributed by atoms with Gasteiger partial charge in [-0.3, -0.25) is 4.79 Å². The Morgan fingerprint density at radius 2 is 2.31 bits per heavy atom. The minimum Gasteiger partial charge on any atom is -0.295 e. The van der Waals surface area contributed by atoms with E-state index >= 15 is 0 Å². The number of rotatable bonds is 7. The average Bonchev–Trinajstić information content (AvgIpc) is 2.10. The van der Waals surface area contributed by atoms with E-state index < -0.39 is 7.01 Å². The number of hydrogen-bond acceptors (Lipinski definition) is 3. The summed E-state index contributed by atoms with van der Waals surface area (Å²) < 4.78 is 12.4. The molecule has 0 aliphatic rings. The first kappa shape index (κ1) is 13.2. The Labute approximate surface area is 89.7 Å². The van der Waals surface area contributed by atoms with Gasteiger partial charge in [-0.1, -0.05) is 6.58 Å². The van der Waals surface area contributed by atoms with E-state index in [1.807, 2.05) is 0 Å². The van der Waals surface area contributed by atoms with Crippen LogP contribution in [-0.2, 0) is 16.6 Å². The zero-order valence-electron chi connectivity index (χ0n) is 7.28. The first-order valence-electron chi connectivity index (χ1n) is 3.99. The minimum absolute atomic E-state index is 0.0269. The second-order valence-corrected chi connectivity index (χ2v) is 5.36. The molecule has 5 heteroatoms. The Kier molecular flexibility index (Phi) is 7.72. The number of carbonyl (C=O) groups is 1. The van der Waals surface area contributed by atoms with Crippen LogP contribution in [0.5, 0.6) is 0 Å². The van der Waals surface area contributed by atoms with Crippen LogP contribution < -0.4 is 0 Å². The Balaban J connectivity index is 4.00. The van der Waals surface area contributed by atoms with Gasteiger partial charge in [0.2, 0.25) is 11.8 Å². The lowest BCUT2D eigenvalue weighted by atomic mass is 9.98. The number of carbonyl (C=O) groups excluding carboxylic acids is 1. The van der Waals surface area contributed by atoms with Crippen LogP contribution in [0.25, 0.3) is 0 Å². The Morgan fingerprint density at radius 3 is 2.69 bits per heavy atom. The molecule has 0 aromatic carbocycles. The third kappa shape index (κ3) is 6.30. The number of allylic oxidation sites excluding steroid dienone is 1. The second-order valence-electron chi connectivity index (χ2n) is 2.65. The third-order valence-corrected chi connectivity index (χ3v) is 3.15.